The van der Waals surface area contributed by atoms with Gasteiger partial charge in [-0.1, -0.05) is 54.1 Å². The highest BCUT2D eigenvalue weighted by molar-refractivity contribution is 7.89. The average molecular weight is 598 g/mol. The fourth-order valence-electron chi connectivity index (χ4n) is 5.84. The second kappa shape index (κ2) is 13.8. The summed E-state index contributed by atoms with van der Waals surface area (Å²) in [6.45, 7) is 3.18. The monoisotopic (exact) mass is 597 g/mol. The Bertz CT molecular complexity index is 1480. The molecule has 3 N–H and O–H groups in total. The predicted octanol–water partition coefficient (Wildman–Crippen LogP) is 4.95. The number of methoxy groups -OCH3 is 1. The van der Waals surface area contributed by atoms with Crippen molar-refractivity contribution in [3.63, 3.8) is 0 Å². The molecule has 1 amide bonds. The van der Waals surface area contributed by atoms with E-state index in [2.05, 4.69) is 15.4 Å². The van der Waals surface area contributed by atoms with E-state index in [-0.39, 0.29) is 24.4 Å². The zero-order valence-corrected chi connectivity index (χ0v) is 25.2. The van der Waals surface area contributed by atoms with Crippen LogP contribution in [0.3, 0.4) is 0 Å². The third-order valence-corrected chi connectivity index (χ3v) is 9.86. The van der Waals surface area contributed by atoms with Crippen LogP contribution in [0.1, 0.15) is 42.4 Å². The molecule has 1 heterocycles. The first-order chi connectivity index (χ1) is 20.1. The van der Waals surface area contributed by atoms with Gasteiger partial charge in [0.15, 0.2) is 0 Å². The number of rotatable bonds is 11. The molecule has 226 valence electrons. The number of alkyl carbamates (subject to hydrolysis) is 1. The Balaban J connectivity index is 1.71. The second-order valence-corrected chi connectivity index (χ2v) is 12.8. The molecular formula is C32H40FN3O5S. The second-order valence-electron chi connectivity index (χ2n) is 10.9. The number of carbonyl (C=O) groups excluding carboxylic acids is 1. The Morgan fingerprint density at radius 2 is 1.88 bits per heavy atom. The van der Waals surface area contributed by atoms with Gasteiger partial charge in [-0.15, -0.1) is 0 Å². The minimum absolute atomic E-state index is 0.0747. The highest BCUT2D eigenvalue weighted by Gasteiger charge is 2.44. The summed E-state index contributed by atoms with van der Waals surface area (Å²) in [5.74, 6) is -0.987. The molecule has 0 radical (unpaired) electrons. The van der Waals surface area contributed by atoms with Crippen LogP contribution in [0.15, 0.2) is 71.6 Å². The van der Waals surface area contributed by atoms with Crippen LogP contribution < -0.4 is 10.6 Å². The number of carbonyl (C=O) groups is 1. The number of sulfonamides is 1. The first kappa shape index (κ1) is 31.6. The van der Waals surface area contributed by atoms with E-state index in [1.54, 1.807) is 36.4 Å². The molecule has 1 saturated heterocycles. The molecule has 0 aromatic heterocycles. The van der Waals surface area contributed by atoms with Gasteiger partial charge < -0.3 is 20.5 Å². The quantitative estimate of drug-likeness (QED) is 0.270. The number of hydrogen-bond acceptors (Lipinski definition) is 6. The highest BCUT2D eigenvalue weighted by Crippen LogP contribution is 2.45. The summed E-state index contributed by atoms with van der Waals surface area (Å²) >= 11 is 0. The van der Waals surface area contributed by atoms with Gasteiger partial charge in [-0.05, 0) is 74.5 Å². The summed E-state index contributed by atoms with van der Waals surface area (Å²) in [6.07, 6.45) is 1.06. The van der Waals surface area contributed by atoms with Crippen LogP contribution in [0.4, 0.5) is 9.18 Å². The van der Waals surface area contributed by atoms with Crippen LogP contribution in [0.5, 0.6) is 0 Å². The van der Waals surface area contributed by atoms with Crippen molar-refractivity contribution in [2.45, 2.75) is 49.6 Å². The van der Waals surface area contributed by atoms with Crippen molar-refractivity contribution in [3.8, 4) is 11.1 Å². The van der Waals surface area contributed by atoms with Crippen molar-refractivity contribution in [3.05, 3.63) is 89.2 Å². The predicted molar refractivity (Wildman–Crippen MR) is 161 cm³/mol. The lowest BCUT2D eigenvalue weighted by Crippen LogP contribution is -2.48. The molecule has 0 saturated carbocycles. The zero-order valence-electron chi connectivity index (χ0n) is 24.4. The molecule has 0 bridgehead atoms. The van der Waals surface area contributed by atoms with Crippen LogP contribution in [-0.2, 0) is 26.9 Å². The van der Waals surface area contributed by atoms with Gasteiger partial charge in [0.2, 0.25) is 10.0 Å². The number of nitrogens with zero attached hydrogens (tertiary/aromatic N) is 1. The van der Waals surface area contributed by atoms with Crippen molar-refractivity contribution in [2.24, 2.45) is 5.92 Å². The zero-order chi connectivity index (χ0) is 30.3. The van der Waals surface area contributed by atoms with Crippen LogP contribution in [0, 0.1) is 18.7 Å². The van der Waals surface area contributed by atoms with Crippen LogP contribution in [-0.4, -0.2) is 57.7 Å². The molecule has 1 aliphatic heterocycles. The van der Waals surface area contributed by atoms with Gasteiger partial charge in [0.25, 0.3) is 0 Å². The summed E-state index contributed by atoms with van der Waals surface area (Å²) in [4.78, 5) is 11.8. The normalized spacial score (nSPS) is 17.4. The van der Waals surface area contributed by atoms with Crippen molar-refractivity contribution < 1.29 is 27.4 Å². The minimum Gasteiger partial charge on any atom is -0.453 e. The molecule has 0 aliphatic carbocycles. The topological polar surface area (TPSA) is 108 Å². The van der Waals surface area contributed by atoms with Crippen molar-refractivity contribution in [1.82, 2.24) is 14.9 Å². The summed E-state index contributed by atoms with van der Waals surface area (Å²) in [7, 11) is -0.728. The van der Waals surface area contributed by atoms with Crippen LogP contribution in [0.2, 0.25) is 0 Å². The van der Waals surface area contributed by atoms with E-state index in [0.29, 0.717) is 49.0 Å². The Hall–Kier alpha value is -3.31. The molecule has 2 atom stereocenters. The molecule has 10 heteroatoms. The standard InChI is InChI=1S/C32H40FN3O5S/c1-23-8-4-9-25(20-23)30-28(11-5-12-29(30)33)32(38,17-7-18-35-31(37)41-3)26-10-6-19-36(22-26)42(39,40)27-15-13-24(14-16-27)21-34-2/h4-5,8-9,11-16,20,26,34,38H,6-7,10,17-19,21-22H2,1-3H3,(H,35,37)/t26-,32+/m1/s1. The molecular weight excluding hydrogens is 557 g/mol. The van der Waals surface area contributed by atoms with Gasteiger partial charge in [0, 0.05) is 37.7 Å². The third kappa shape index (κ3) is 7.00. The van der Waals surface area contributed by atoms with Gasteiger partial charge in [0.1, 0.15) is 5.82 Å². The maximum Gasteiger partial charge on any atom is 0.406 e. The number of hydrogen-bond donors (Lipinski definition) is 3. The Morgan fingerprint density at radius 1 is 1.14 bits per heavy atom. The number of aliphatic hydroxyl groups is 1. The summed E-state index contributed by atoms with van der Waals surface area (Å²) in [5.41, 5.74) is 1.68. The van der Waals surface area contributed by atoms with E-state index in [1.807, 2.05) is 38.2 Å². The Kier molecular flexibility index (Phi) is 10.4. The number of benzene rings is 3. The Labute approximate surface area is 248 Å². The number of halogens is 1. The molecule has 8 nitrogen and oxygen atoms in total. The van der Waals surface area contributed by atoms with Gasteiger partial charge in [-0.25, -0.2) is 17.6 Å². The lowest BCUT2D eigenvalue weighted by molar-refractivity contribution is -0.0509. The molecule has 42 heavy (non-hydrogen) atoms. The first-order valence-electron chi connectivity index (χ1n) is 14.2. The molecule has 0 unspecified atom stereocenters. The lowest BCUT2D eigenvalue weighted by atomic mass is 9.72. The van der Waals surface area contributed by atoms with E-state index in [0.717, 1.165) is 11.1 Å². The number of ether oxygens (including phenoxy) is 1. The van der Waals surface area contributed by atoms with Crippen LogP contribution >= 0.6 is 0 Å². The van der Waals surface area contributed by atoms with E-state index in [4.69, 9.17) is 0 Å². The highest BCUT2D eigenvalue weighted by atomic mass is 32.2. The number of aryl methyl sites for hydroxylation is 1. The van der Waals surface area contributed by atoms with E-state index < -0.39 is 33.5 Å². The van der Waals surface area contributed by atoms with E-state index in [1.165, 1.54) is 17.5 Å². The van der Waals surface area contributed by atoms with Crippen LogP contribution in [0.25, 0.3) is 11.1 Å². The maximum atomic E-state index is 15.6. The number of piperidine rings is 1. The van der Waals surface area contributed by atoms with Crippen molar-refractivity contribution in [1.29, 1.82) is 0 Å². The largest absolute Gasteiger partial charge is 0.453 e. The average Bonchev–Trinajstić information content (AvgIpc) is 2.99. The van der Waals surface area contributed by atoms with Gasteiger partial charge >= 0.3 is 6.09 Å². The maximum absolute atomic E-state index is 15.6. The fraction of sp³-hybridized carbons (Fsp3) is 0.406. The third-order valence-electron chi connectivity index (χ3n) is 7.98. The minimum atomic E-state index is -3.83. The number of amides is 1. The van der Waals surface area contributed by atoms with E-state index >= 15 is 4.39 Å². The fourth-order valence-corrected chi connectivity index (χ4v) is 7.36. The molecule has 3 aromatic rings. The van der Waals surface area contributed by atoms with Gasteiger partial charge in [-0.3, -0.25) is 0 Å². The number of nitrogens with one attached hydrogen (secondary N) is 2. The molecule has 1 fully saturated rings. The van der Waals surface area contributed by atoms with Gasteiger partial charge in [0.05, 0.1) is 17.6 Å². The van der Waals surface area contributed by atoms with Crippen molar-refractivity contribution in [2.75, 3.05) is 33.8 Å². The lowest BCUT2D eigenvalue weighted by Gasteiger charge is -2.43. The smallest absolute Gasteiger partial charge is 0.406 e. The summed E-state index contributed by atoms with van der Waals surface area (Å²) < 4.78 is 49.1. The summed E-state index contributed by atoms with van der Waals surface area (Å²) in [6, 6.07) is 18.9. The SMILES string of the molecule is CNCc1ccc(S(=O)(=O)N2CCC[C@@H]([C@@](O)(CCCNC(=O)OC)c3cccc(F)c3-c3cccc(C)c3)C2)cc1. The molecule has 4 rings (SSSR count). The summed E-state index contributed by atoms with van der Waals surface area (Å²) in [5, 5.41) is 18.3. The Morgan fingerprint density at radius 3 is 2.57 bits per heavy atom. The molecule has 0 spiro atoms. The van der Waals surface area contributed by atoms with Gasteiger partial charge in [-0.2, -0.15) is 4.31 Å². The molecule has 1 aliphatic rings. The van der Waals surface area contributed by atoms with E-state index in [9.17, 15) is 18.3 Å². The first-order valence-corrected chi connectivity index (χ1v) is 15.7. The molecule has 3 aromatic carbocycles. The van der Waals surface area contributed by atoms with Crippen molar-refractivity contribution >= 4 is 16.1 Å².